The van der Waals surface area contributed by atoms with Crippen molar-refractivity contribution in [3.8, 4) is 0 Å². The molecule has 3 atom stereocenters. The standard InChI is InChI=1S/C12H22O/c1-5-10-9(4)6-7-11(8(2)3)12(10)13/h8-11H,5-7H2,1-4H3/t9-,10?,11-/m0/s1. The van der Waals surface area contributed by atoms with Gasteiger partial charge < -0.3 is 0 Å². The molecule has 1 nitrogen and oxygen atoms in total. The van der Waals surface area contributed by atoms with Gasteiger partial charge in [-0.3, -0.25) is 4.79 Å². The summed E-state index contributed by atoms with van der Waals surface area (Å²) < 4.78 is 0. The van der Waals surface area contributed by atoms with Crippen LogP contribution in [0.2, 0.25) is 0 Å². The molecule has 0 aromatic heterocycles. The Kier molecular flexibility index (Phi) is 3.52. The van der Waals surface area contributed by atoms with Gasteiger partial charge in [-0.05, 0) is 31.1 Å². The van der Waals surface area contributed by atoms with E-state index in [0.717, 1.165) is 12.8 Å². The van der Waals surface area contributed by atoms with E-state index in [0.29, 0.717) is 29.5 Å². The minimum atomic E-state index is 0.348. The molecule has 1 rings (SSSR count). The Hall–Kier alpha value is -0.330. The maximum absolute atomic E-state index is 12.0. The molecule has 1 unspecified atom stereocenters. The Morgan fingerprint density at radius 2 is 2.00 bits per heavy atom. The third-order valence-corrected chi connectivity index (χ3v) is 3.60. The molecule has 13 heavy (non-hydrogen) atoms. The summed E-state index contributed by atoms with van der Waals surface area (Å²) in [6.45, 7) is 8.71. The highest BCUT2D eigenvalue weighted by molar-refractivity contribution is 5.84. The fraction of sp³-hybridized carbons (Fsp3) is 0.917. The molecule has 0 heterocycles. The monoisotopic (exact) mass is 182 g/mol. The first-order valence-corrected chi connectivity index (χ1v) is 5.61. The molecule has 0 aliphatic heterocycles. The zero-order valence-corrected chi connectivity index (χ0v) is 9.34. The van der Waals surface area contributed by atoms with Crippen LogP contribution in [-0.2, 0) is 4.79 Å². The Balaban J connectivity index is 2.69. The molecule has 0 aromatic rings. The molecule has 0 spiro atoms. The molecule has 0 N–H and O–H groups in total. The van der Waals surface area contributed by atoms with Crippen molar-refractivity contribution in [2.24, 2.45) is 23.7 Å². The van der Waals surface area contributed by atoms with E-state index >= 15 is 0 Å². The molecular formula is C12H22O. The van der Waals surface area contributed by atoms with Crippen molar-refractivity contribution in [3.05, 3.63) is 0 Å². The molecule has 1 fully saturated rings. The van der Waals surface area contributed by atoms with Gasteiger partial charge in [0, 0.05) is 11.8 Å². The van der Waals surface area contributed by atoms with Crippen LogP contribution >= 0.6 is 0 Å². The third kappa shape index (κ3) is 2.12. The van der Waals surface area contributed by atoms with Crippen LogP contribution in [0.25, 0.3) is 0 Å². The normalized spacial score (nSPS) is 35.5. The summed E-state index contributed by atoms with van der Waals surface area (Å²) >= 11 is 0. The fourth-order valence-electron chi connectivity index (χ4n) is 2.61. The van der Waals surface area contributed by atoms with E-state index in [4.69, 9.17) is 0 Å². The van der Waals surface area contributed by atoms with Crippen LogP contribution in [-0.4, -0.2) is 5.78 Å². The van der Waals surface area contributed by atoms with Crippen LogP contribution in [0.5, 0.6) is 0 Å². The maximum atomic E-state index is 12.0. The van der Waals surface area contributed by atoms with E-state index in [-0.39, 0.29) is 0 Å². The second-order valence-electron chi connectivity index (χ2n) is 4.82. The Morgan fingerprint density at radius 1 is 1.38 bits per heavy atom. The Labute approximate surface area is 81.9 Å². The van der Waals surface area contributed by atoms with Crippen molar-refractivity contribution in [1.82, 2.24) is 0 Å². The lowest BCUT2D eigenvalue weighted by molar-refractivity contribution is -0.132. The number of carbonyl (C=O) groups is 1. The molecular weight excluding hydrogens is 160 g/mol. The van der Waals surface area contributed by atoms with Crippen molar-refractivity contribution >= 4 is 5.78 Å². The molecule has 76 valence electrons. The smallest absolute Gasteiger partial charge is 0.139 e. The number of hydrogen-bond donors (Lipinski definition) is 0. The van der Waals surface area contributed by atoms with Gasteiger partial charge in [-0.2, -0.15) is 0 Å². The van der Waals surface area contributed by atoms with E-state index in [2.05, 4.69) is 27.7 Å². The molecule has 1 heteroatoms. The van der Waals surface area contributed by atoms with Crippen LogP contribution in [0, 0.1) is 23.7 Å². The van der Waals surface area contributed by atoms with Crippen LogP contribution < -0.4 is 0 Å². The minimum absolute atomic E-state index is 0.348. The van der Waals surface area contributed by atoms with E-state index in [1.807, 2.05) is 0 Å². The third-order valence-electron chi connectivity index (χ3n) is 3.60. The SMILES string of the molecule is CCC1C(=O)[C@H](C(C)C)CC[C@@H]1C. The summed E-state index contributed by atoms with van der Waals surface area (Å²) in [7, 11) is 0. The van der Waals surface area contributed by atoms with Crippen molar-refractivity contribution in [2.45, 2.75) is 47.0 Å². The van der Waals surface area contributed by atoms with E-state index in [1.54, 1.807) is 0 Å². The summed E-state index contributed by atoms with van der Waals surface area (Å²) in [5, 5.41) is 0. The number of hydrogen-bond acceptors (Lipinski definition) is 1. The predicted molar refractivity (Wildman–Crippen MR) is 55.5 cm³/mol. The van der Waals surface area contributed by atoms with E-state index in [9.17, 15) is 4.79 Å². The van der Waals surface area contributed by atoms with Crippen LogP contribution in [0.3, 0.4) is 0 Å². The zero-order chi connectivity index (χ0) is 10.0. The van der Waals surface area contributed by atoms with Gasteiger partial charge in [0.05, 0.1) is 0 Å². The maximum Gasteiger partial charge on any atom is 0.139 e. The lowest BCUT2D eigenvalue weighted by Gasteiger charge is -2.34. The van der Waals surface area contributed by atoms with Gasteiger partial charge in [-0.1, -0.05) is 27.7 Å². The molecule has 0 saturated heterocycles. The summed E-state index contributed by atoms with van der Waals surface area (Å²) in [4.78, 5) is 12.0. The first kappa shape index (κ1) is 10.7. The molecule has 1 aliphatic carbocycles. The number of rotatable bonds is 2. The molecule has 0 aromatic carbocycles. The van der Waals surface area contributed by atoms with Gasteiger partial charge in [0.15, 0.2) is 0 Å². The molecule has 0 amide bonds. The zero-order valence-electron chi connectivity index (χ0n) is 9.34. The van der Waals surface area contributed by atoms with Crippen LogP contribution in [0.1, 0.15) is 47.0 Å². The molecule has 1 saturated carbocycles. The van der Waals surface area contributed by atoms with Crippen LogP contribution in [0.4, 0.5) is 0 Å². The van der Waals surface area contributed by atoms with Gasteiger partial charge in [-0.25, -0.2) is 0 Å². The second-order valence-corrected chi connectivity index (χ2v) is 4.82. The van der Waals surface area contributed by atoms with Crippen molar-refractivity contribution < 1.29 is 4.79 Å². The first-order valence-electron chi connectivity index (χ1n) is 5.61. The van der Waals surface area contributed by atoms with Gasteiger partial charge in [0.1, 0.15) is 5.78 Å². The summed E-state index contributed by atoms with van der Waals surface area (Å²) in [5.74, 6) is 2.39. The lowest BCUT2D eigenvalue weighted by atomic mass is 9.69. The molecule has 0 radical (unpaired) electrons. The average molecular weight is 182 g/mol. The number of ketones is 1. The topological polar surface area (TPSA) is 17.1 Å². The first-order chi connectivity index (χ1) is 6.07. The minimum Gasteiger partial charge on any atom is -0.299 e. The fourth-order valence-corrected chi connectivity index (χ4v) is 2.61. The number of carbonyl (C=O) groups excluding carboxylic acids is 1. The predicted octanol–water partition coefficient (Wildman–Crippen LogP) is 3.28. The van der Waals surface area contributed by atoms with Crippen molar-refractivity contribution in [1.29, 1.82) is 0 Å². The summed E-state index contributed by atoms with van der Waals surface area (Å²) in [5.41, 5.74) is 0. The highest BCUT2D eigenvalue weighted by Gasteiger charge is 2.35. The summed E-state index contributed by atoms with van der Waals surface area (Å²) in [6.07, 6.45) is 3.39. The number of Topliss-reactive ketones (excluding diaryl/α,β-unsaturated/α-hetero) is 1. The largest absolute Gasteiger partial charge is 0.299 e. The molecule has 0 bridgehead atoms. The Bertz CT molecular complexity index is 180. The quantitative estimate of drug-likeness (QED) is 0.640. The van der Waals surface area contributed by atoms with Gasteiger partial charge in [-0.15, -0.1) is 0 Å². The second kappa shape index (κ2) is 4.26. The average Bonchev–Trinajstić information content (AvgIpc) is 2.04. The van der Waals surface area contributed by atoms with Gasteiger partial charge >= 0.3 is 0 Å². The van der Waals surface area contributed by atoms with Gasteiger partial charge in [0.2, 0.25) is 0 Å². The summed E-state index contributed by atoms with van der Waals surface area (Å²) in [6, 6.07) is 0. The highest BCUT2D eigenvalue weighted by atomic mass is 16.1. The van der Waals surface area contributed by atoms with Crippen molar-refractivity contribution in [3.63, 3.8) is 0 Å². The van der Waals surface area contributed by atoms with E-state index < -0.39 is 0 Å². The van der Waals surface area contributed by atoms with Crippen molar-refractivity contribution in [2.75, 3.05) is 0 Å². The Morgan fingerprint density at radius 3 is 2.46 bits per heavy atom. The highest BCUT2D eigenvalue weighted by Crippen LogP contribution is 2.35. The molecule has 1 aliphatic rings. The van der Waals surface area contributed by atoms with Gasteiger partial charge in [0.25, 0.3) is 0 Å². The van der Waals surface area contributed by atoms with Crippen LogP contribution in [0.15, 0.2) is 0 Å². The lowest BCUT2D eigenvalue weighted by Crippen LogP contribution is -2.35. The van der Waals surface area contributed by atoms with E-state index in [1.165, 1.54) is 6.42 Å².